The summed E-state index contributed by atoms with van der Waals surface area (Å²) < 4.78 is 5.49. The van der Waals surface area contributed by atoms with Crippen molar-refractivity contribution in [3.8, 4) is 0 Å². The molecule has 1 aliphatic rings. The van der Waals surface area contributed by atoms with Crippen molar-refractivity contribution in [1.82, 2.24) is 10.6 Å². The Labute approximate surface area is 123 Å². The van der Waals surface area contributed by atoms with Gasteiger partial charge in [-0.05, 0) is 19.3 Å². The van der Waals surface area contributed by atoms with Gasteiger partial charge in [-0.3, -0.25) is 4.99 Å². The van der Waals surface area contributed by atoms with E-state index >= 15 is 0 Å². The van der Waals surface area contributed by atoms with Crippen LogP contribution in [0.4, 0.5) is 0 Å². The van der Waals surface area contributed by atoms with Crippen LogP contribution in [0.15, 0.2) is 4.99 Å². The van der Waals surface area contributed by atoms with Gasteiger partial charge in [0.15, 0.2) is 5.96 Å². The summed E-state index contributed by atoms with van der Waals surface area (Å²) in [5.41, 5.74) is 0.0641. The van der Waals surface area contributed by atoms with E-state index in [0.717, 1.165) is 45.1 Å². The first kappa shape index (κ1) is 17.2. The smallest absolute Gasteiger partial charge is 0.190 e. The zero-order valence-electron chi connectivity index (χ0n) is 13.1. The summed E-state index contributed by atoms with van der Waals surface area (Å²) in [5.74, 6) is 0.853. The zero-order valence-corrected chi connectivity index (χ0v) is 13.1. The van der Waals surface area contributed by atoms with Gasteiger partial charge in [-0.25, -0.2) is 0 Å². The van der Waals surface area contributed by atoms with Crippen LogP contribution in [-0.2, 0) is 4.74 Å². The van der Waals surface area contributed by atoms with Crippen molar-refractivity contribution in [2.75, 3.05) is 40.0 Å². The second-order valence-corrected chi connectivity index (χ2v) is 5.69. The first-order chi connectivity index (χ1) is 9.76. The number of rotatable bonds is 9. The number of nitrogens with zero attached hydrogens (tertiary/aromatic N) is 1. The van der Waals surface area contributed by atoms with Crippen LogP contribution in [-0.4, -0.2) is 51.0 Å². The van der Waals surface area contributed by atoms with E-state index in [-0.39, 0.29) is 12.0 Å². The number of hydrogen-bond donors (Lipinski definition) is 3. The van der Waals surface area contributed by atoms with Crippen molar-refractivity contribution in [3.63, 3.8) is 0 Å². The number of guanidine groups is 1. The highest BCUT2D eigenvalue weighted by Crippen LogP contribution is 2.31. The fourth-order valence-corrected chi connectivity index (χ4v) is 2.56. The van der Waals surface area contributed by atoms with Crippen LogP contribution in [0, 0.1) is 5.41 Å². The molecule has 1 fully saturated rings. The molecule has 5 nitrogen and oxygen atoms in total. The standard InChI is InChI=1S/C15H31N3O2/c1-3-4-5-6-9-17-14(16-2)18-12-15(7-10-19)8-11-20-13-15/h19H,3-13H2,1-2H3,(H2,16,17,18). The quantitative estimate of drug-likeness (QED) is 0.341. The van der Waals surface area contributed by atoms with Crippen molar-refractivity contribution < 1.29 is 9.84 Å². The van der Waals surface area contributed by atoms with Crippen LogP contribution < -0.4 is 10.6 Å². The van der Waals surface area contributed by atoms with Crippen LogP contribution in [0.5, 0.6) is 0 Å². The molecule has 0 aromatic carbocycles. The molecule has 1 atom stereocenters. The van der Waals surface area contributed by atoms with E-state index in [1.54, 1.807) is 7.05 Å². The Balaban J connectivity index is 2.26. The molecule has 0 spiro atoms. The minimum absolute atomic E-state index is 0.0641. The van der Waals surface area contributed by atoms with Crippen molar-refractivity contribution in [1.29, 1.82) is 0 Å². The third-order valence-electron chi connectivity index (χ3n) is 4.00. The summed E-state index contributed by atoms with van der Waals surface area (Å²) in [4.78, 5) is 4.25. The van der Waals surface area contributed by atoms with Gasteiger partial charge in [0.1, 0.15) is 0 Å². The van der Waals surface area contributed by atoms with Gasteiger partial charge in [-0.15, -0.1) is 0 Å². The maximum Gasteiger partial charge on any atom is 0.190 e. The fourth-order valence-electron chi connectivity index (χ4n) is 2.56. The number of unbranched alkanes of at least 4 members (excludes halogenated alkanes) is 3. The van der Waals surface area contributed by atoms with E-state index in [4.69, 9.17) is 4.74 Å². The highest BCUT2D eigenvalue weighted by Gasteiger charge is 2.34. The lowest BCUT2D eigenvalue weighted by atomic mass is 9.84. The molecule has 1 heterocycles. The molecular formula is C15H31N3O2. The SMILES string of the molecule is CCCCCCNC(=NC)NCC1(CCO)CCOC1. The second kappa shape index (κ2) is 10.00. The van der Waals surface area contributed by atoms with Gasteiger partial charge in [0.25, 0.3) is 0 Å². The predicted molar refractivity (Wildman–Crippen MR) is 83.1 cm³/mol. The number of hydrogen-bond acceptors (Lipinski definition) is 3. The average Bonchev–Trinajstić information content (AvgIpc) is 2.91. The van der Waals surface area contributed by atoms with Gasteiger partial charge in [0.2, 0.25) is 0 Å². The van der Waals surface area contributed by atoms with Crippen LogP contribution in [0.3, 0.4) is 0 Å². The zero-order chi connectivity index (χ0) is 14.7. The number of nitrogens with one attached hydrogen (secondary N) is 2. The molecule has 1 unspecified atom stereocenters. The Hall–Kier alpha value is -0.810. The molecule has 118 valence electrons. The average molecular weight is 285 g/mol. The first-order valence-electron chi connectivity index (χ1n) is 7.89. The molecule has 0 aliphatic carbocycles. The summed E-state index contributed by atoms with van der Waals surface area (Å²) in [5, 5.41) is 15.9. The second-order valence-electron chi connectivity index (χ2n) is 5.69. The van der Waals surface area contributed by atoms with Gasteiger partial charge >= 0.3 is 0 Å². The van der Waals surface area contributed by atoms with Crippen molar-refractivity contribution in [2.45, 2.75) is 45.4 Å². The monoisotopic (exact) mass is 285 g/mol. The lowest BCUT2D eigenvalue weighted by Gasteiger charge is -2.27. The van der Waals surface area contributed by atoms with Gasteiger partial charge in [-0.1, -0.05) is 26.2 Å². The molecule has 0 radical (unpaired) electrons. The lowest BCUT2D eigenvalue weighted by Crippen LogP contribution is -2.44. The molecular weight excluding hydrogens is 254 g/mol. The topological polar surface area (TPSA) is 65.9 Å². The lowest BCUT2D eigenvalue weighted by molar-refractivity contribution is 0.127. The number of aliphatic hydroxyl groups excluding tert-OH is 1. The molecule has 20 heavy (non-hydrogen) atoms. The largest absolute Gasteiger partial charge is 0.396 e. The van der Waals surface area contributed by atoms with E-state index in [1.807, 2.05) is 0 Å². The molecule has 5 heteroatoms. The molecule has 0 aromatic heterocycles. The van der Waals surface area contributed by atoms with E-state index in [2.05, 4.69) is 22.5 Å². The predicted octanol–water partition coefficient (Wildman–Crippen LogP) is 1.52. The highest BCUT2D eigenvalue weighted by atomic mass is 16.5. The van der Waals surface area contributed by atoms with Crippen molar-refractivity contribution in [3.05, 3.63) is 0 Å². The summed E-state index contributed by atoms with van der Waals surface area (Å²) in [6.45, 7) is 5.73. The van der Waals surface area contributed by atoms with Gasteiger partial charge in [0, 0.05) is 38.8 Å². The van der Waals surface area contributed by atoms with Gasteiger partial charge in [-0.2, -0.15) is 0 Å². The Morgan fingerprint density at radius 1 is 1.30 bits per heavy atom. The van der Waals surface area contributed by atoms with E-state index in [1.165, 1.54) is 25.7 Å². The molecule has 3 N–H and O–H groups in total. The third-order valence-corrected chi connectivity index (χ3v) is 4.00. The van der Waals surface area contributed by atoms with Crippen LogP contribution in [0.2, 0.25) is 0 Å². The Morgan fingerprint density at radius 3 is 2.75 bits per heavy atom. The third kappa shape index (κ3) is 6.09. The van der Waals surface area contributed by atoms with E-state index < -0.39 is 0 Å². The Kier molecular flexibility index (Phi) is 8.62. The molecule has 0 bridgehead atoms. The van der Waals surface area contributed by atoms with E-state index in [9.17, 15) is 5.11 Å². The summed E-state index contributed by atoms with van der Waals surface area (Å²) >= 11 is 0. The highest BCUT2D eigenvalue weighted by molar-refractivity contribution is 5.79. The van der Waals surface area contributed by atoms with Gasteiger partial charge in [0.05, 0.1) is 6.61 Å². The normalized spacial score (nSPS) is 23.1. The maximum atomic E-state index is 9.21. The Bertz CT molecular complexity index is 276. The number of ether oxygens (including phenoxy) is 1. The summed E-state index contributed by atoms with van der Waals surface area (Å²) in [6.07, 6.45) is 6.80. The van der Waals surface area contributed by atoms with Crippen LogP contribution in [0.25, 0.3) is 0 Å². The van der Waals surface area contributed by atoms with Crippen molar-refractivity contribution >= 4 is 5.96 Å². The summed E-state index contributed by atoms with van der Waals surface area (Å²) in [6, 6.07) is 0. The molecule has 1 aliphatic heterocycles. The molecule has 0 saturated carbocycles. The molecule has 1 rings (SSSR count). The molecule has 0 amide bonds. The van der Waals surface area contributed by atoms with E-state index in [0.29, 0.717) is 0 Å². The Morgan fingerprint density at radius 2 is 2.15 bits per heavy atom. The van der Waals surface area contributed by atoms with Crippen LogP contribution >= 0.6 is 0 Å². The number of aliphatic hydroxyl groups is 1. The van der Waals surface area contributed by atoms with Gasteiger partial charge < -0.3 is 20.5 Å². The molecule has 0 aromatic rings. The molecule has 1 saturated heterocycles. The first-order valence-corrected chi connectivity index (χ1v) is 7.89. The van der Waals surface area contributed by atoms with Crippen LogP contribution in [0.1, 0.15) is 45.4 Å². The fraction of sp³-hybridized carbons (Fsp3) is 0.933. The minimum atomic E-state index is 0.0641. The maximum absolute atomic E-state index is 9.21. The van der Waals surface area contributed by atoms with Crippen molar-refractivity contribution in [2.24, 2.45) is 10.4 Å². The summed E-state index contributed by atoms with van der Waals surface area (Å²) in [7, 11) is 1.80. The number of aliphatic imine (C=N–C) groups is 1. The minimum Gasteiger partial charge on any atom is -0.396 e.